The Kier molecular flexibility index (Phi) is 3.93. The normalized spacial score (nSPS) is 12.4. The van der Waals surface area contributed by atoms with Crippen LogP contribution in [0.15, 0.2) is 34.9 Å². The van der Waals surface area contributed by atoms with Gasteiger partial charge in [0.15, 0.2) is 0 Å². The fourth-order valence-corrected chi connectivity index (χ4v) is 1.99. The van der Waals surface area contributed by atoms with E-state index in [9.17, 15) is 4.79 Å². The summed E-state index contributed by atoms with van der Waals surface area (Å²) in [5.41, 5.74) is 7.14. The van der Waals surface area contributed by atoms with E-state index in [0.717, 1.165) is 15.4 Å². The van der Waals surface area contributed by atoms with Crippen LogP contribution in [-0.2, 0) is 4.79 Å². The molecule has 0 saturated heterocycles. The number of para-hydroxylation sites is 1. The van der Waals surface area contributed by atoms with E-state index in [1.54, 1.807) is 6.20 Å². The van der Waals surface area contributed by atoms with Gasteiger partial charge in [-0.05, 0) is 34.5 Å². The molecule has 1 amide bonds. The molecule has 0 radical (unpaired) electrons. The molecule has 0 aliphatic rings. The summed E-state index contributed by atoms with van der Waals surface area (Å²) in [5.74, 6) is -0.185. The molecule has 18 heavy (non-hydrogen) atoms. The molecule has 1 atom stereocenters. The molecular formula is C13H14BrN3O. The Morgan fingerprint density at radius 2 is 2.33 bits per heavy atom. The number of nitrogens with zero attached hydrogens (tertiary/aromatic N) is 1. The van der Waals surface area contributed by atoms with Crippen molar-refractivity contribution in [2.24, 2.45) is 5.73 Å². The number of nitrogens with one attached hydrogen (secondary N) is 1. The van der Waals surface area contributed by atoms with Gasteiger partial charge in [-0.15, -0.1) is 0 Å². The number of carbonyl (C=O) groups excluding carboxylic acids is 1. The number of fused-ring (bicyclic) bond motifs is 1. The third kappa shape index (κ3) is 2.68. The minimum Gasteiger partial charge on any atom is -0.323 e. The van der Waals surface area contributed by atoms with E-state index in [-0.39, 0.29) is 5.91 Å². The van der Waals surface area contributed by atoms with Crippen LogP contribution >= 0.6 is 15.9 Å². The zero-order chi connectivity index (χ0) is 13.1. The Labute approximate surface area is 114 Å². The van der Waals surface area contributed by atoms with E-state index < -0.39 is 6.04 Å². The number of halogens is 1. The number of amides is 1. The van der Waals surface area contributed by atoms with Crippen LogP contribution in [0.3, 0.4) is 0 Å². The van der Waals surface area contributed by atoms with Crippen LogP contribution in [0.5, 0.6) is 0 Å². The van der Waals surface area contributed by atoms with Gasteiger partial charge in [0.05, 0.1) is 17.2 Å². The number of hydrogen-bond donors (Lipinski definition) is 2. The van der Waals surface area contributed by atoms with Gasteiger partial charge in [-0.25, -0.2) is 0 Å². The first kappa shape index (κ1) is 13.0. The molecule has 0 fully saturated rings. The number of rotatable bonds is 3. The maximum atomic E-state index is 11.8. The van der Waals surface area contributed by atoms with Gasteiger partial charge in [-0.1, -0.05) is 19.1 Å². The Balaban J connectivity index is 2.37. The van der Waals surface area contributed by atoms with Crippen molar-refractivity contribution in [1.82, 2.24) is 4.98 Å². The van der Waals surface area contributed by atoms with Gasteiger partial charge in [-0.2, -0.15) is 0 Å². The largest absolute Gasteiger partial charge is 0.323 e. The van der Waals surface area contributed by atoms with E-state index >= 15 is 0 Å². The molecule has 0 aliphatic carbocycles. The number of carbonyl (C=O) groups is 1. The third-order valence-corrected chi connectivity index (χ3v) is 3.15. The van der Waals surface area contributed by atoms with Crippen molar-refractivity contribution in [3.8, 4) is 0 Å². The van der Waals surface area contributed by atoms with Crippen molar-refractivity contribution in [2.75, 3.05) is 5.32 Å². The van der Waals surface area contributed by atoms with Gasteiger partial charge in [0.2, 0.25) is 5.91 Å². The molecule has 1 heterocycles. The van der Waals surface area contributed by atoms with Gasteiger partial charge in [0.1, 0.15) is 0 Å². The standard InChI is InChI=1S/C13H14BrN3O/c1-2-10(15)13(18)17-11-5-3-4-8-6-9(14)7-16-12(8)11/h3-7,10H,2,15H2,1H3,(H,17,18). The summed E-state index contributed by atoms with van der Waals surface area (Å²) < 4.78 is 0.906. The topological polar surface area (TPSA) is 68.0 Å². The number of aromatic nitrogens is 1. The lowest BCUT2D eigenvalue weighted by atomic mass is 10.1. The molecule has 0 saturated carbocycles. The van der Waals surface area contributed by atoms with Crippen LogP contribution in [0.4, 0.5) is 5.69 Å². The maximum Gasteiger partial charge on any atom is 0.241 e. The molecule has 2 rings (SSSR count). The average Bonchev–Trinajstić information content (AvgIpc) is 2.37. The first-order valence-corrected chi connectivity index (χ1v) is 6.52. The average molecular weight is 308 g/mol. The van der Waals surface area contributed by atoms with Crippen molar-refractivity contribution in [3.05, 3.63) is 34.9 Å². The molecule has 0 spiro atoms. The lowest BCUT2D eigenvalue weighted by Crippen LogP contribution is -2.34. The predicted molar refractivity (Wildman–Crippen MR) is 76.3 cm³/mol. The summed E-state index contributed by atoms with van der Waals surface area (Å²) in [6, 6.07) is 7.11. The van der Waals surface area contributed by atoms with Gasteiger partial charge in [0.25, 0.3) is 0 Å². The van der Waals surface area contributed by atoms with Crippen LogP contribution in [0, 0.1) is 0 Å². The second-order valence-corrected chi connectivity index (χ2v) is 4.95. The van der Waals surface area contributed by atoms with E-state index in [0.29, 0.717) is 12.1 Å². The molecule has 94 valence electrons. The molecule has 4 nitrogen and oxygen atoms in total. The number of hydrogen-bond acceptors (Lipinski definition) is 3. The van der Waals surface area contributed by atoms with Crippen LogP contribution in [0.25, 0.3) is 10.9 Å². The zero-order valence-corrected chi connectivity index (χ0v) is 11.6. The Hall–Kier alpha value is -1.46. The predicted octanol–water partition coefficient (Wildman–Crippen LogP) is 2.67. The number of nitrogens with two attached hydrogens (primary N) is 1. The molecule has 3 N–H and O–H groups in total. The second-order valence-electron chi connectivity index (χ2n) is 4.03. The summed E-state index contributed by atoms with van der Waals surface area (Å²) in [4.78, 5) is 16.1. The van der Waals surface area contributed by atoms with Crippen LogP contribution in [-0.4, -0.2) is 16.9 Å². The van der Waals surface area contributed by atoms with Crippen molar-refractivity contribution in [2.45, 2.75) is 19.4 Å². The van der Waals surface area contributed by atoms with E-state index in [4.69, 9.17) is 5.73 Å². The number of pyridine rings is 1. The summed E-state index contributed by atoms with van der Waals surface area (Å²) in [6.45, 7) is 1.88. The van der Waals surface area contributed by atoms with E-state index in [1.807, 2.05) is 31.2 Å². The molecule has 2 aromatic rings. The monoisotopic (exact) mass is 307 g/mol. The Morgan fingerprint density at radius 3 is 3.06 bits per heavy atom. The Bertz CT molecular complexity index is 585. The zero-order valence-electron chi connectivity index (χ0n) is 9.98. The smallest absolute Gasteiger partial charge is 0.241 e. The van der Waals surface area contributed by atoms with Crippen LogP contribution < -0.4 is 11.1 Å². The van der Waals surface area contributed by atoms with Crippen molar-refractivity contribution >= 4 is 38.4 Å². The van der Waals surface area contributed by atoms with E-state index in [2.05, 4.69) is 26.2 Å². The highest BCUT2D eigenvalue weighted by atomic mass is 79.9. The van der Waals surface area contributed by atoms with E-state index in [1.165, 1.54) is 0 Å². The number of anilines is 1. The fourth-order valence-electron chi connectivity index (χ4n) is 1.65. The second kappa shape index (κ2) is 5.46. The molecule has 1 unspecified atom stereocenters. The number of benzene rings is 1. The minimum absolute atomic E-state index is 0.185. The highest BCUT2D eigenvalue weighted by Gasteiger charge is 2.12. The molecule has 1 aromatic heterocycles. The first-order valence-electron chi connectivity index (χ1n) is 5.72. The fraction of sp³-hybridized carbons (Fsp3) is 0.231. The summed E-state index contributed by atoms with van der Waals surface area (Å²) in [5, 5.41) is 3.78. The summed E-state index contributed by atoms with van der Waals surface area (Å²) in [6.07, 6.45) is 2.31. The van der Waals surface area contributed by atoms with Crippen molar-refractivity contribution < 1.29 is 4.79 Å². The summed E-state index contributed by atoms with van der Waals surface area (Å²) >= 11 is 3.37. The maximum absolute atomic E-state index is 11.8. The van der Waals surface area contributed by atoms with Crippen LogP contribution in [0.1, 0.15) is 13.3 Å². The van der Waals surface area contributed by atoms with Gasteiger partial charge >= 0.3 is 0 Å². The molecule has 5 heteroatoms. The Morgan fingerprint density at radius 1 is 1.56 bits per heavy atom. The minimum atomic E-state index is -0.490. The molecule has 0 aliphatic heterocycles. The summed E-state index contributed by atoms with van der Waals surface area (Å²) in [7, 11) is 0. The van der Waals surface area contributed by atoms with Gasteiger partial charge < -0.3 is 11.1 Å². The van der Waals surface area contributed by atoms with Gasteiger partial charge in [-0.3, -0.25) is 9.78 Å². The van der Waals surface area contributed by atoms with Crippen LogP contribution in [0.2, 0.25) is 0 Å². The third-order valence-electron chi connectivity index (χ3n) is 2.71. The lowest BCUT2D eigenvalue weighted by molar-refractivity contribution is -0.117. The van der Waals surface area contributed by atoms with Crippen molar-refractivity contribution in [3.63, 3.8) is 0 Å². The highest BCUT2D eigenvalue weighted by Crippen LogP contribution is 2.23. The molecule has 1 aromatic carbocycles. The molecular weight excluding hydrogens is 294 g/mol. The molecule has 0 bridgehead atoms. The quantitative estimate of drug-likeness (QED) is 0.916. The van der Waals surface area contributed by atoms with Gasteiger partial charge in [0, 0.05) is 16.1 Å². The highest BCUT2D eigenvalue weighted by molar-refractivity contribution is 9.10. The first-order chi connectivity index (χ1) is 8.61. The lowest BCUT2D eigenvalue weighted by Gasteiger charge is -2.11. The SMILES string of the molecule is CCC(N)C(=O)Nc1cccc2cc(Br)cnc12. The van der Waals surface area contributed by atoms with Crippen molar-refractivity contribution in [1.29, 1.82) is 0 Å².